The molecule has 62 valence electrons. The molecule has 0 rings (SSSR count). The molecule has 0 aromatic rings. The summed E-state index contributed by atoms with van der Waals surface area (Å²) in [5.74, 6) is 0.341. The van der Waals surface area contributed by atoms with Crippen molar-refractivity contribution in [2.24, 2.45) is 5.92 Å². The molecular formula is C5H12ClNO2S. The molecule has 0 aromatic carbocycles. The normalized spacial score (nSPS) is 15.1. The average molecular weight is 186 g/mol. The van der Waals surface area contributed by atoms with Crippen molar-refractivity contribution in [1.29, 1.82) is 0 Å². The third-order valence-electron chi connectivity index (χ3n) is 1.30. The van der Waals surface area contributed by atoms with Crippen LogP contribution in [0.15, 0.2) is 0 Å². The van der Waals surface area contributed by atoms with Crippen molar-refractivity contribution in [2.45, 2.75) is 20.3 Å². The SMILES string of the molecule is CCC(C)CNS(=O)(=O)Cl. The van der Waals surface area contributed by atoms with Gasteiger partial charge in [-0.25, -0.2) is 4.72 Å². The Hall–Kier alpha value is 0.200. The molecule has 1 N–H and O–H groups in total. The lowest BCUT2D eigenvalue weighted by Crippen LogP contribution is -2.23. The third-order valence-corrected chi connectivity index (χ3v) is 2.14. The second-order valence-electron chi connectivity index (χ2n) is 2.30. The van der Waals surface area contributed by atoms with Gasteiger partial charge in [0.1, 0.15) is 0 Å². The maximum absolute atomic E-state index is 10.3. The second-order valence-corrected chi connectivity index (χ2v) is 4.68. The summed E-state index contributed by atoms with van der Waals surface area (Å²) in [5, 5.41) is 0. The van der Waals surface area contributed by atoms with E-state index in [0.29, 0.717) is 12.5 Å². The van der Waals surface area contributed by atoms with Gasteiger partial charge in [0, 0.05) is 17.2 Å². The van der Waals surface area contributed by atoms with E-state index in [1.54, 1.807) is 0 Å². The lowest BCUT2D eigenvalue weighted by molar-refractivity contribution is 0.535. The van der Waals surface area contributed by atoms with Crippen molar-refractivity contribution in [1.82, 2.24) is 4.72 Å². The molecule has 5 heteroatoms. The van der Waals surface area contributed by atoms with Gasteiger partial charge in [0.05, 0.1) is 0 Å². The number of hydrogen-bond acceptors (Lipinski definition) is 2. The van der Waals surface area contributed by atoms with Crippen molar-refractivity contribution in [2.75, 3.05) is 6.54 Å². The molecule has 0 aliphatic rings. The molecule has 0 radical (unpaired) electrons. The highest BCUT2D eigenvalue weighted by atomic mass is 35.7. The van der Waals surface area contributed by atoms with Gasteiger partial charge in [-0.3, -0.25) is 0 Å². The molecule has 0 heterocycles. The van der Waals surface area contributed by atoms with Crippen LogP contribution in [0.3, 0.4) is 0 Å². The van der Waals surface area contributed by atoms with Gasteiger partial charge in [-0.1, -0.05) is 20.3 Å². The van der Waals surface area contributed by atoms with Crippen LogP contribution in [-0.4, -0.2) is 15.0 Å². The minimum Gasteiger partial charge on any atom is -0.202 e. The van der Waals surface area contributed by atoms with Crippen molar-refractivity contribution in [3.05, 3.63) is 0 Å². The fourth-order valence-electron chi connectivity index (χ4n) is 0.386. The van der Waals surface area contributed by atoms with Crippen LogP contribution >= 0.6 is 10.7 Å². The van der Waals surface area contributed by atoms with E-state index < -0.39 is 9.24 Å². The molecule has 0 amide bonds. The average Bonchev–Trinajstić information content (AvgIpc) is 1.81. The topological polar surface area (TPSA) is 46.2 Å². The summed E-state index contributed by atoms with van der Waals surface area (Å²) in [4.78, 5) is 0. The zero-order chi connectivity index (χ0) is 8.20. The van der Waals surface area contributed by atoms with E-state index in [4.69, 9.17) is 10.7 Å². The zero-order valence-electron chi connectivity index (χ0n) is 6.09. The van der Waals surface area contributed by atoms with Crippen molar-refractivity contribution >= 4 is 19.9 Å². The van der Waals surface area contributed by atoms with Gasteiger partial charge in [-0.15, -0.1) is 0 Å². The van der Waals surface area contributed by atoms with Crippen LogP contribution in [0.5, 0.6) is 0 Å². The quantitative estimate of drug-likeness (QED) is 0.667. The van der Waals surface area contributed by atoms with E-state index in [0.717, 1.165) is 6.42 Å². The fraction of sp³-hybridized carbons (Fsp3) is 1.00. The number of rotatable bonds is 4. The number of nitrogens with one attached hydrogen (secondary N) is 1. The van der Waals surface area contributed by atoms with E-state index in [1.165, 1.54) is 0 Å². The van der Waals surface area contributed by atoms with Crippen molar-refractivity contribution in [3.8, 4) is 0 Å². The van der Waals surface area contributed by atoms with Crippen LogP contribution in [-0.2, 0) is 9.24 Å². The summed E-state index contributed by atoms with van der Waals surface area (Å²) in [6.45, 7) is 4.37. The first-order valence-electron chi connectivity index (χ1n) is 3.15. The lowest BCUT2D eigenvalue weighted by Gasteiger charge is -2.05. The lowest BCUT2D eigenvalue weighted by atomic mass is 10.1. The van der Waals surface area contributed by atoms with Crippen LogP contribution in [0.1, 0.15) is 20.3 Å². The van der Waals surface area contributed by atoms with E-state index in [9.17, 15) is 8.42 Å². The number of halogens is 1. The predicted molar refractivity (Wildman–Crippen MR) is 42.2 cm³/mol. The van der Waals surface area contributed by atoms with Gasteiger partial charge in [0.25, 0.3) is 9.24 Å². The maximum Gasteiger partial charge on any atom is 0.297 e. The van der Waals surface area contributed by atoms with E-state index in [1.807, 2.05) is 13.8 Å². The Morgan fingerprint density at radius 3 is 2.40 bits per heavy atom. The molecule has 0 saturated carbocycles. The van der Waals surface area contributed by atoms with Gasteiger partial charge >= 0.3 is 0 Å². The Bertz CT molecular complexity index is 178. The highest BCUT2D eigenvalue weighted by Gasteiger charge is 2.05. The Balaban J connectivity index is 3.56. The molecule has 0 spiro atoms. The Kier molecular flexibility index (Phi) is 4.24. The van der Waals surface area contributed by atoms with Crippen LogP contribution in [0, 0.1) is 5.92 Å². The summed E-state index contributed by atoms with van der Waals surface area (Å²) >= 11 is 0. The van der Waals surface area contributed by atoms with E-state index in [2.05, 4.69) is 4.72 Å². The van der Waals surface area contributed by atoms with E-state index in [-0.39, 0.29) is 0 Å². The molecule has 0 aromatic heterocycles. The molecule has 0 fully saturated rings. The third kappa shape index (κ3) is 6.32. The molecule has 1 unspecified atom stereocenters. The van der Waals surface area contributed by atoms with Crippen LogP contribution in [0.2, 0.25) is 0 Å². The Labute approximate surface area is 66.3 Å². The van der Waals surface area contributed by atoms with E-state index >= 15 is 0 Å². The molecular weight excluding hydrogens is 174 g/mol. The first-order valence-corrected chi connectivity index (χ1v) is 5.46. The van der Waals surface area contributed by atoms with Crippen LogP contribution < -0.4 is 4.72 Å². The molecule has 1 atom stereocenters. The smallest absolute Gasteiger partial charge is 0.202 e. The van der Waals surface area contributed by atoms with Gasteiger partial charge in [0.15, 0.2) is 0 Å². The van der Waals surface area contributed by atoms with Crippen LogP contribution in [0.25, 0.3) is 0 Å². The predicted octanol–water partition coefficient (Wildman–Crippen LogP) is 1.11. The molecule has 0 aliphatic heterocycles. The van der Waals surface area contributed by atoms with Crippen LogP contribution in [0.4, 0.5) is 0 Å². The molecule has 3 nitrogen and oxygen atoms in total. The molecule has 0 saturated heterocycles. The second kappa shape index (κ2) is 4.16. The van der Waals surface area contributed by atoms with Gasteiger partial charge < -0.3 is 0 Å². The minimum absolute atomic E-state index is 0.341. The summed E-state index contributed by atoms with van der Waals surface area (Å²) in [6, 6.07) is 0. The molecule has 0 bridgehead atoms. The van der Waals surface area contributed by atoms with Gasteiger partial charge in [-0.05, 0) is 5.92 Å². The molecule has 10 heavy (non-hydrogen) atoms. The summed E-state index contributed by atoms with van der Waals surface area (Å²) in [7, 11) is 1.39. The first-order chi connectivity index (χ1) is 4.45. The monoisotopic (exact) mass is 185 g/mol. The minimum atomic E-state index is -3.51. The number of hydrogen-bond donors (Lipinski definition) is 1. The van der Waals surface area contributed by atoms with Crippen molar-refractivity contribution < 1.29 is 8.42 Å². The largest absolute Gasteiger partial charge is 0.297 e. The fourth-order valence-corrected chi connectivity index (χ4v) is 1.06. The van der Waals surface area contributed by atoms with Gasteiger partial charge in [0.2, 0.25) is 0 Å². The summed E-state index contributed by atoms with van der Waals surface area (Å²) < 4.78 is 22.8. The Morgan fingerprint density at radius 1 is 1.60 bits per heavy atom. The summed E-state index contributed by atoms with van der Waals surface area (Å²) in [6.07, 6.45) is 0.944. The molecule has 0 aliphatic carbocycles. The van der Waals surface area contributed by atoms with Gasteiger partial charge in [-0.2, -0.15) is 8.42 Å². The summed E-state index contributed by atoms with van der Waals surface area (Å²) in [5.41, 5.74) is 0. The van der Waals surface area contributed by atoms with Crippen molar-refractivity contribution in [3.63, 3.8) is 0 Å². The highest BCUT2D eigenvalue weighted by molar-refractivity contribution is 8.12. The first kappa shape index (κ1) is 10.2. The Morgan fingerprint density at radius 2 is 2.10 bits per heavy atom. The standard InChI is InChI=1S/C5H12ClNO2S/c1-3-5(2)4-7-10(6,8)9/h5,7H,3-4H2,1-2H3. The highest BCUT2D eigenvalue weighted by Crippen LogP contribution is 1.99. The maximum atomic E-state index is 10.3. The zero-order valence-corrected chi connectivity index (χ0v) is 7.67.